The molecule has 0 fully saturated rings. The van der Waals surface area contributed by atoms with Gasteiger partial charge in [-0.05, 0) is 43.4 Å². The number of methoxy groups -OCH3 is 1. The van der Waals surface area contributed by atoms with Crippen LogP contribution in [0.3, 0.4) is 0 Å². The largest absolute Gasteiger partial charge is 0.496 e. The van der Waals surface area contributed by atoms with Gasteiger partial charge in [-0.2, -0.15) is 5.26 Å². The number of nitrogens with zero attached hydrogens (tertiary/aromatic N) is 1. The third-order valence-corrected chi connectivity index (χ3v) is 2.92. The predicted molar refractivity (Wildman–Crippen MR) is 68.9 cm³/mol. The zero-order chi connectivity index (χ0) is 12.9. The number of aryl methyl sites for hydroxylation is 2. The molecule has 0 aliphatic rings. The van der Waals surface area contributed by atoms with Crippen LogP contribution in [0.15, 0.2) is 18.2 Å². The Bertz CT molecular complexity index is 419. The Balaban J connectivity index is 2.85. The predicted octanol–water partition coefficient (Wildman–Crippen LogP) is 2.43. The number of hydrogen-bond donors (Lipinski definition) is 1. The smallest absolute Gasteiger partial charge is 0.122 e. The summed E-state index contributed by atoms with van der Waals surface area (Å²) in [6, 6.07) is 8.29. The standard InChI is InChI=1S/C14H20N2O/c1-4-11-5-6-13(17-3)12(9-11)7-8-14(2,16)10-15/h5-6,9H,4,7-8,16H2,1-3H3. The molecule has 0 heterocycles. The van der Waals surface area contributed by atoms with Crippen molar-refractivity contribution in [2.45, 2.75) is 38.6 Å². The van der Waals surface area contributed by atoms with Crippen molar-refractivity contribution in [2.24, 2.45) is 5.73 Å². The van der Waals surface area contributed by atoms with Gasteiger partial charge in [0.1, 0.15) is 11.3 Å². The van der Waals surface area contributed by atoms with E-state index in [1.54, 1.807) is 14.0 Å². The molecule has 0 radical (unpaired) electrons. The Labute approximate surface area is 103 Å². The number of rotatable bonds is 5. The van der Waals surface area contributed by atoms with Crippen LogP contribution in [0.5, 0.6) is 5.75 Å². The number of benzene rings is 1. The van der Waals surface area contributed by atoms with Gasteiger partial charge in [0.05, 0.1) is 13.2 Å². The van der Waals surface area contributed by atoms with Crippen LogP contribution in [0.25, 0.3) is 0 Å². The molecule has 17 heavy (non-hydrogen) atoms. The van der Waals surface area contributed by atoms with Crippen LogP contribution >= 0.6 is 0 Å². The summed E-state index contributed by atoms with van der Waals surface area (Å²) in [7, 11) is 1.66. The summed E-state index contributed by atoms with van der Waals surface area (Å²) in [5.74, 6) is 0.871. The third kappa shape index (κ3) is 3.76. The van der Waals surface area contributed by atoms with Gasteiger partial charge in [0.25, 0.3) is 0 Å². The van der Waals surface area contributed by atoms with E-state index in [4.69, 9.17) is 15.7 Å². The maximum atomic E-state index is 8.89. The molecule has 2 N–H and O–H groups in total. The fourth-order valence-corrected chi connectivity index (χ4v) is 1.70. The lowest BCUT2D eigenvalue weighted by Crippen LogP contribution is -2.34. The lowest BCUT2D eigenvalue weighted by atomic mass is 9.94. The zero-order valence-corrected chi connectivity index (χ0v) is 10.8. The normalized spacial score (nSPS) is 13.8. The van der Waals surface area contributed by atoms with Gasteiger partial charge in [-0.25, -0.2) is 0 Å². The van der Waals surface area contributed by atoms with Gasteiger partial charge < -0.3 is 10.5 Å². The topological polar surface area (TPSA) is 59.0 Å². The van der Waals surface area contributed by atoms with Gasteiger partial charge in [0, 0.05) is 0 Å². The molecule has 0 spiro atoms. The van der Waals surface area contributed by atoms with E-state index in [1.165, 1.54) is 5.56 Å². The second-order valence-electron chi connectivity index (χ2n) is 4.53. The van der Waals surface area contributed by atoms with E-state index in [9.17, 15) is 0 Å². The van der Waals surface area contributed by atoms with Gasteiger partial charge >= 0.3 is 0 Å². The van der Waals surface area contributed by atoms with E-state index < -0.39 is 5.54 Å². The van der Waals surface area contributed by atoms with E-state index in [2.05, 4.69) is 25.1 Å². The van der Waals surface area contributed by atoms with Crippen molar-refractivity contribution >= 4 is 0 Å². The monoisotopic (exact) mass is 232 g/mol. The van der Waals surface area contributed by atoms with Crippen LogP contribution < -0.4 is 10.5 Å². The minimum Gasteiger partial charge on any atom is -0.496 e. The first-order valence-corrected chi connectivity index (χ1v) is 5.88. The van der Waals surface area contributed by atoms with Crippen molar-refractivity contribution in [2.75, 3.05) is 7.11 Å². The molecule has 3 heteroatoms. The van der Waals surface area contributed by atoms with E-state index in [0.29, 0.717) is 6.42 Å². The highest BCUT2D eigenvalue weighted by Crippen LogP contribution is 2.23. The van der Waals surface area contributed by atoms with Crippen LogP contribution in [-0.2, 0) is 12.8 Å². The quantitative estimate of drug-likeness (QED) is 0.848. The average Bonchev–Trinajstić information content (AvgIpc) is 2.36. The zero-order valence-electron chi connectivity index (χ0n) is 10.8. The lowest BCUT2D eigenvalue weighted by Gasteiger charge is -2.16. The highest BCUT2D eigenvalue weighted by molar-refractivity contribution is 5.37. The van der Waals surface area contributed by atoms with Crippen LogP contribution in [-0.4, -0.2) is 12.6 Å². The molecule has 1 aromatic carbocycles. The van der Waals surface area contributed by atoms with Crippen molar-refractivity contribution < 1.29 is 4.74 Å². The summed E-state index contributed by atoms with van der Waals surface area (Å²) in [6.07, 6.45) is 2.39. The molecule has 0 saturated heterocycles. The Hall–Kier alpha value is -1.53. The molecule has 1 rings (SSSR count). The van der Waals surface area contributed by atoms with Crippen molar-refractivity contribution in [1.29, 1.82) is 5.26 Å². The van der Waals surface area contributed by atoms with E-state index in [0.717, 1.165) is 24.2 Å². The molecule has 3 nitrogen and oxygen atoms in total. The van der Waals surface area contributed by atoms with Crippen LogP contribution in [0.2, 0.25) is 0 Å². The summed E-state index contributed by atoms with van der Waals surface area (Å²) < 4.78 is 5.32. The first kappa shape index (κ1) is 13.5. The fourth-order valence-electron chi connectivity index (χ4n) is 1.70. The van der Waals surface area contributed by atoms with Crippen molar-refractivity contribution in [3.8, 4) is 11.8 Å². The second kappa shape index (κ2) is 5.70. The molecule has 0 amide bonds. The number of hydrogen-bond acceptors (Lipinski definition) is 3. The molecule has 92 valence electrons. The van der Waals surface area contributed by atoms with Crippen molar-refractivity contribution in [1.82, 2.24) is 0 Å². The third-order valence-electron chi connectivity index (χ3n) is 2.92. The van der Waals surface area contributed by atoms with Gasteiger partial charge in [-0.3, -0.25) is 0 Å². The Morgan fingerprint density at radius 1 is 1.47 bits per heavy atom. The lowest BCUT2D eigenvalue weighted by molar-refractivity contribution is 0.407. The van der Waals surface area contributed by atoms with Gasteiger partial charge in [-0.15, -0.1) is 0 Å². The van der Waals surface area contributed by atoms with E-state index in [-0.39, 0.29) is 0 Å². The van der Waals surface area contributed by atoms with Crippen molar-refractivity contribution in [3.63, 3.8) is 0 Å². The number of nitriles is 1. The summed E-state index contributed by atoms with van der Waals surface area (Å²) >= 11 is 0. The van der Waals surface area contributed by atoms with Gasteiger partial charge in [-0.1, -0.05) is 19.1 Å². The summed E-state index contributed by atoms with van der Waals surface area (Å²) in [6.45, 7) is 3.87. The molecule has 0 aliphatic heterocycles. The highest BCUT2D eigenvalue weighted by atomic mass is 16.5. The fraction of sp³-hybridized carbons (Fsp3) is 0.500. The highest BCUT2D eigenvalue weighted by Gasteiger charge is 2.18. The molecular weight excluding hydrogens is 212 g/mol. The van der Waals surface area contributed by atoms with Crippen molar-refractivity contribution in [3.05, 3.63) is 29.3 Å². The molecule has 0 aliphatic carbocycles. The molecule has 1 unspecified atom stereocenters. The van der Waals surface area contributed by atoms with Crippen LogP contribution in [0, 0.1) is 11.3 Å². The van der Waals surface area contributed by atoms with Crippen LogP contribution in [0.4, 0.5) is 0 Å². The average molecular weight is 232 g/mol. The van der Waals surface area contributed by atoms with E-state index >= 15 is 0 Å². The minimum atomic E-state index is -0.771. The summed E-state index contributed by atoms with van der Waals surface area (Å²) in [5.41, 5.74) is 7.45. The molecule has 0 bridgehead atoms. The summed E-state index contributed by atoms with van der Waals surface area (Å²) in [4.78, 5) is 0. The maximum Gasteiger partial charge on any atom is 0.122 e. The second-order valence-corrected chi connectivity index (χ2v) is 4.53. The summed E-state index contributed by atoms with van der Waals surface area (Å²) in [5, 5.41) is 8.89. The molecule has 1 atom stereocenters. The Morgan fingerprint density at radius 3 is 2.71 bits per heavy atom. The molecule has 1 aromatic rings. The van der Waals surface area contributed by atoms with E-state index in [1.807, 2.05) is 6.07 Å². The minimum absolute atomic E-state index is 0.632. The number of ether oxygens (including phenoxy) is 1. The molecule has 0 saturated carbocycles. The first-order valence-electron chi connectivity index (χ1n) is 5.88. The molecular formula is C14H20N2O. The Kier molecular flexibility index (Phi) is 4.53. The van der Waals surface area contributed by atoms with Gasteiger partial charge in [0.2, 0.25) is 0 Å². The molecule has 0 aromatic heterocycles. The van der Waals surface area contributed by atoms with Gasteiger partial charge in [0.15, 0.2) is 0 Å². The first-order chi connectivity index (χ1) is 8.02. The van der Waals surface area contributed by atoms with Crippen LogP contribution in [0.1, 0.15) is 31.4 Å². The SMILES string of the molecule is CCc1ccc(OC)c(CCC(C)(N)C#N)c1. The maximum absolute atomic E-state index is 8.89. The Morgan fingerprint density at radius 2 is 2.18 bits per heavy atom. The number of nitrogens with two attached hydrogens (primary N) is 1.